The summed E-state index contributed by atoms with van der Waals surface area (Å²) in [5, 5.41) is 12.1. The van der Waals surface area contributed by atoms with Gasteiger partial charge in [0.25, 0.3) is 0 Å². The van der Waals surface area contributed by atoms with Gasteiger partial charge in [-0.25, -0.2) is 0 Å². The number of benzene rings is 1. The average Bonchev–Trinajstić information content (AvgIpc) is 2.40. The first-order valence-corrected chi connectivity index (χ1v) is 7.05. The number of aryl methyl sites for hydroxylation is 1. The number of aliphatic hydroxyl groups excluding tert-OH is 1. The Morgan fingerprint density at radius 1 is 1.32 bits per heavy atom. The lowest BCUT2D eigenvalue weighted by molar-refractivity contribution is -0.123. The zero-order valence-electron chi connectivity index (χ0n) is 12.0. The van der Waals surface area contributed by atoms with Crippen LogP contribution in [0.2, 0.25) is 0 Å². The fourth-order valence-electron chi connectivity index (χ4n) is 2.07. The zero-order valence-corrected chi connectivity index (χ0v) is 12.0. The summed E-state index contributed by atoms with van der Waals surface area (Å²) in [6.07, 6.45) is 3.76. The normalized spacial score (nSPS) is 13.8. The Balaban J connectivity index is 2.31. The van der Waals surface area contributed by atoms with Crippen molar-refractivity contribution in [3.05, 3.63) is 35.9 Å². The van der Waals surface area contributed by atoms with Crippen LogP contribution < -0.4 is 5.32 Å². The van der Waals surface area contributed by atoms with Crippen molar-refractivity contribution in [2.75, 3.05) is 6.61 Å². The molecule has 0 aliphatic heterocycles. The molecule has 2 N–H and O–H groups in total. The van der Waals surface area contributed by atoms with Crippen LogP contribution in [0.25, 0.3) is 0 Å². The topological polar surface area (TPSA) is 49.3 Å². The molecular formula is C16H25NO2. The van der Waals surface area contributed by atoms with E-state index < -0.39 is 0 Å². The highest BCUT2D eigenvalue weighted by Gasteiger charge is 2.23. The van der Waals surface area contributed by atoms with Gasteiger partial charge >= 0.3 is 0 Å². The fraction of sp³-hybridized carbons (Fsp3) is 0.562. The third-order valence-electron chi connectivity index (χ3n) is 3.60. The average molecular weight is 263 g/mol. The third-order valence-corrected chi connectivity index (χ3v) is 3.60. The van der Waals surface area contributed by atoms with Gasteiger partial charge in [0, 0.05) is 18.6 Å². The van der Waals surface area contributed by atoms with Crippen molar-refractivity contribution >= 4 is 5.91 Å². The Bertz CT molecular complexity index is 378. The molecule has 19 heavy (non-hydrogen) atoms. The van der Waals surface area contributed by atoms with Gasteiger partial charge in [0.1, 0.15) is 0 Å². The van der Waals surface area contributed by atoms with Crippen molar-refractivity contribution in [3.63, 3.8) is 0 Å². The maximum Gasteiger partial charge on any atom is 0.220 e. The van der Waals surface area contributed by atoms with Crippen molar-refractivity contribution in [1.29, 1.82) is 0 Å². The van der Waals surface area contributed by atoms with E-state index in [1.54, 1.807) is 0 Å². The highest BCUT2D eigenvalue weighted by atomic mass is 16.3. The Morgan fingerprint density at radius 3 is 2.58 bits per heavy atom. The number of aliphatic hydroxyl groups is 1. The van der Waals surface area contributed by atoms with Gasteiger partial charge in [0.05, 0.1) is 0 Å². The van der Waals surface area contributed by atoms with E-state index in [2.05, 4.69) is 17.4 Å². The van der Waals surface area contributed by atoms with E-state index >= 15 is 0 Å². The Labute approximate surface area is 116 Å². The van der Waals surface area contributed by atoms with Gasteiger partial charge in [0.15, 0.2) is 0 Å². The van der Waals surface area contributed by atoms with Gasteiger partial charge in [-0.15, -0.1) is 0 Å². The molecule has 0 spiro atoms. The van der Waals surface area contributed by atoms with Gasteiger partial charge in [-0.05, 0) is 38.2 Å². The molecule has 0 aliphatic rings. The minimum absolute atomic E-state index is 0.0775. The molecule has 1 aromatic carbocycles. The molecule has 1 amide bonds. The number of amides is 1. The van der Waals surface area contributed by atoms with E-state index in [4.69, 9.17) is 5.11 Å². The van der Waals surface area contributed by atoms with Gasteiger partial charge in [0.2, 0.25) is 5.91 Å². The smallest absolute Gasteiger partial charge is 0.220 e. The summed E-state index contributed by atoms with van der Waals surface area (Å²) in [5.74, 6) is 0.0775. The first-order chi connectivity index (χ1) is 9.09. The van der Waals surface area contributed by atoms with E-state index in [9.17, 15) is 4.79 Å². The Morgan fingerprint density at radius 2 is 2.00 bits per heavy atom. The van der Waals surface area contributed by atoms with Crippen LogP contribution in [0.4, 0.5) is 0 Å². The molecule has 0 saturated carbocycles. The third kappa shape index (κ3) is 5.88. The second kappa shape index (κ2) is 7.95. The Hall–Kier alpha value is -1.35. The second-order valence-corrected chi connectivity index (χ2v) is 5.28. The van der Waals surface area contributed by atoms with Gasteiger partial charge in [-0.2, -0.15) is 0 Å². The number of rotatable bonds is 8. The lowest BCUT2D eigenvalue weighted by Crippen LogP contribution is -2.46. The maximum atomic E-state index is 11.9. The summed E-state index contributed by atoms with van der Waals surface area (Å²) in [6.45, 7) is 4.12. The highest BCUT2D eigenvalue weighted by molar-refractivity contribution is 5.76. The van der Waals surface area contributed by atoms with Crippen LogP contribution in [0.3, 0.4) is 0 Å². The quantitative estimate of drug-likeness (QED) is 0.757. The first kappa shape index (κ1) is 15.7. The van der Waals surface area contributed by atoms with Crippen LogP contribution in [0.15, 0.2) is 30.3 Å². The zero-order chi connectivity index (χ0) is 14.1. The molecule has 0 bridgehead atoms. The Kier molecular flexibility index (Phi) is 6.57. The highest BCUT2D eigenvalue weighted by Crippen LogP contribution is 2.14. The van der Waals surface area contributed by atoms with Crippen molar-refractivity contribution in [3.8, 4) is 0 Å². The molecule has 0 heterocycles. The molecule has 0 fully saturated rings. The van der Waals surface area contributed by atoms with E-state index in [-0.39, 0.29) is 18.1 Å². The van der Waals surface area contributed by atoms with E-state index in [1.807, 2.05) is 32.0 Å². The SMILES string of the molecule is CCC(C)(CCO)NC(=O)CCCc1ccccc1. The molecule has 3 nitrogen and oxygen atoms in total. The van der Waals surface area contributed by atoms with Crippen LogP contribution >= 0.6 is 0 Å². The molecule has 1 rings (SSSR count). The van der Waals surface area contributed by atoms with Crippen LogP contribution in [-0.2, 0) is 11.2 Å². The van der Waals surface area contributed by atoms with Crippen molar-refractivity contribution in [2.24, 2.45) is 0 Å². The predicted octanol–water partition coefficient (Wildman–Crippen LogP) is 2.68. The summed E-state index contributed by atoms with van der Waals surface area (Å²) < 4.78 is 0. The maximum absolute atomic E-state index is 11.9. The minimum Gasteiger partial charge on any atom is -0.396 e. The molecule has 106 valence electrons. The molecule has 1 unspecified atom stereocenters. The van der Waals surface area contributed by atoms with Gasteiger partial charge in [-0.3, -0.25) is 4.79 Å². The van der Waals surface area contributed by atoms with E-state index in [1.165, 1.54) is 5.56 Å². The van der Waals surface area contributed by atoms with E-state index in [0.29, 0.717) is 12.8 Å². The number of carbonyl (C=O) groups excluding carboxylic acids is 1. The summed E-state index contributed by atoms with van der Waals surface area (Å²) >= 11 is 0. The number of nitrogens with one attached hydrogen (secondary N) is 1. The standard InChI is InChI=1S/C16H25NO2/c1-3-16(2,12-13-18)17-15(19)11-7-10-14-8-5-4-6-9-14/h4-6,8-9,18H,3,7,10-13H2,1-2H3,(H,17,19). The lowest BCUT2D eigenvalue weighted by atomic mass is 9.94. The van der Waals surface area contributed by atoms with Crippen molar-refractivity contribution < 1.29 is 9.90 Å². The number of hydrogen-bond donors (Lipinski definition) is 2. The van der Waals surface area contributed by atoms with Gasteiger partial charge in [-0.1, -0.05) is 37.3 Å². The molecule has 0 aromatic heterocycles. The summed E-state index contributed by atoms with van der Waals surface area (Å²) in [5.41, 5.74) is 0.988. The molecule has 0 radical (unpaired) electrons. The number of carbonyl (C=O) groups is 1. The molecule has 0 aliphatic carbocycles. The van der Waals surface area contributed by atoms with Crippen LogP contribution in [0.5, 0.6) is 0 Å². The first-order valence-electron chi connectivity index (χ1n) is 7.05. The molecule has 0 saturated heterocycles. The van der Waals surface area contributed by atoms with Crippen LogP contribution in [-0.4, -0.2) is 23.2 Å². The van der Waals surface area contributed by atoms with E-state index in [0.717, 1.165) is 19.3 Å². The minimum atomic E-state index is -0.279. The largest absolute Gasteiger partial charge is 0.396 e. The summed E-state index contributed by atoms with van der Waals surface area (Å²) in [4.78, 5) is 11.9. The summed E-state index contributed by atoms with van der Waals surface area (Å²) in [6, 6.07) is 10.2. The predicted molar refractivity (Wildman–Crippen MR) is 77.9 cm³/mol. The van der Waals surface area contributed by atoms with Crippen LogP contribution in [0, 0.1) is 0 Å². The second-order valence-electron chi connectivity index (χ2n) is 5.28. The lowest BCUT2D eigenvalue weighted by Gasteiger charge is -2.29. The summed E-state index contributed by atoms with van der Waals surface area (Å²) in [7, 11) is 0. The fourth-order valence-corrected chi connectivity index (χ4v) is 2.07. The molecule has 1 aromatic rings. The molecule has 3 heteroatoms. The van der Waals surface area contributed by atoms with Crippen molar-refractivity contribution in [1.82, 2.24) is 5.32 Å². The number of hydrogen-bond acceptors (Lipinski definition) is 2. The molecule has 1 atom stereocenters. The van der Waals surface area contributed by atoms with Gasteiger partial charge < -0.3 is 10.4 Å². The van der Waals surface area contributed by atoms with Crippen molar-refractivity contribution in [2.45, 2.75) is 51.5 Å². The van der Waals surface area contributed by atoms with Crippen LogP contribution in [0.1, 0.15) is 45.1 Å². The monoisotopic (exact) mass is 263 g/mol. The molecular weight excluding hydrogens is 238 g/mol.